The van der Waals surface area contributed by atoms with E-state index in [1.807, 2.05) is 6.92 Å². The maximum atomic E-state index is 5.34. The molecule has 4 nitrogen and oxygen atoms in total. The van der Waals surface area contributed by atoms with E-state index in [0.717, 1.165) is 51.1 Å². The molecule has 0 saturated heterocycles. The van der Waals surface area contributed by atoms with Crippen LogP contribution in [0.15, 0.2) is 4.99 Å². The van der Waals surface area contributed by atoms with Crippen LogP contribution in [0.2, 0.25) is 0 Å². The van der Waals surface area contributed by atoms with Crippen molar-refractivity contribution in [3.63, 3.8) is 0 Å². The number of hydrogen-bond donors (Lipinski definition) is 2. The first-order valence-corrected chi connectivity index (χ1v) is 7.90. The zero-order chi connectivity index (χ0) is 13.6. The fourth-order valence-corrected chi connectivity index (χ4v) is 2.66. The second-order valence-electron chi connectivity index (χ2n) is 5.81. The summed E-state index contributed by atoms with van der Waals surface area (Å²) in [5.74, 6) is 1.96. The Kier molecular flexibility index (Phi) is 8.17. The Balaban J connectivity index is 0.00000200. The number of nitrogens with zero attached hydrogens (tertiary/aromatic N) is 1. The van der Waals surface area contributed by atoms with Gasteiger partial charge in [-0.2, -0.15) is 0 Å². The summed E-state index contributed by atoms with van der Waals surface area (Å²) < 4.78 is 5.34. The summed E-state index contributed by atoms with van der Waals surface area (Å²) in [6, 6.07) is 0. The van der Waals surface area contributed by atoms with Crippen LogP contribution >= 0.6 is 24.0 Å². The molecule has 5 heteroatoms. The van der Waals surface area contributed by atoms with Crippen molar-refractivity contribution in [2.24, 2.45) is 16.3 Å². The number of guanidine groups is 1. The van der Waals surface area contributed by atoms with E-state index in [-0.39, 0.29) is 24.0 Å². The molecule has 0 aromatic rings. The number of ether oxygens (including phenoxy) is 1. The van der Waals surface area contributed by atoms with Gasteiger partial charge in [-0.25, -0.2) is 0 Å². The van der Waals surface area contributed by atoms with Crippen LogP contribution in [0.1, 0.15) is 46.0 Å². The molecule has 0 heterocycles. The smallest absolute Gasteiger partial charge is 0.191 e. The van der Waals surface area contributed by atoms with Gasteiger partial charge in [0.05, 0.1) is 0 Å². The van der Waals surface area contributed by atoms with Crippen LogP contribution in [0.25, 0.3) is 0 Å². The van der Waals surface area contributed by atoms with Gasteiger partial charge >= 0.3 is 0 Å². The van der Waals surface area contributed by atoms with Crippen molar-refractivity contribution in [3.05, 3.63) is 0 Å². The van der Waals surface area contributed by atoms with Crippen LogP contribution in [0, 0.1) is 11.3 Å². The average Bonchev–Trinajstić information content (AvgIpc) is 3.28. The van der Waals surface area contributed by atoms with Crippen molar-refractivity contribution in [3.8, 4) is 0 Å². The molecule has 2 aliphatic rings. The maximum absolute atomic E-state index is 5.34. The molecule has 2 aliphatic carbocycles. The first-order chi connectivity index (χ1) is 9.30. The highest BCUT2D eigenvalue weighted by Crippen LogP contribution is 2.61. The molecule has 0 atom stereocenters. The fraction of sp³-hybridized carbons (Fsp3) is 0.933. The van der Waals surface area contributed by atoms with Gasteiger partial charge in [0.1, 0.15) is 0 Å². The summed E-state index contributed by atoms with van der Waals surface area (Å²) in [7, 11) is 0. The van der Waals surface area contributed by atoms with E-state index >= 15 is 0 Å². The maximum Gasteiger partial charge on any atom is 0.191 e. The third kappa shape index (κ3) is 5.76. The van der Waals surface area contributed by atoms with Gasteiger partial charge in [0, 0.05) is 32.8 Å². The summed E-state index contributed by atoms with van der Waals surface area (Å²) in [5.41, 5.74) is 0.591. The lowest BCUT2D eigenvalue weighted by molar-refractivity contribution is 0.145. The van der Waals surface area contributed by atoms with E-state index in [9.17, 15) is 0 Å². The summed E-state index contributed by atoms with van der Waals surface area (Å²) in [6.07, 6.45) is 6.70. The van der Waals surface area contributed by atoms with Gasteiger partial charge in [-0.1, -0.05) is 0 Å². The minimum absolute atomic E-state index is 0. The molecule has 0 bridgehead atoms. The Morgan fingerprint density at radius 3 is 2.55 bits per heavy atom. The van der Waals surface area contributed by atoms with Crippen LogP contribution in [-0.2, 0) is 4.74 Å². The molecule has 0 radical (unpaired) electrons. The molecule has 0 aliphatic heterocycles. The molecule has 0 aromatic carbocycles. The molecule has 2 fully saturated rings. The first-order valence-electron chi connectivity index (χ1n) is 7.90. The molecule has 118 valence electrons. The van der Waals surface area contributed by atoms with Gasteiger partial charge in [-0.3, -0.25) is 4.99 Å². The molecular formula is C15H30IN3O. The van der Waals surface area contributed by atoms with Crippen LogP contribution < -0.4 is 10.6 Å². The summed E-state index contributed by atoms with van der Waals surface area (Å²) >= 11 is 0. The zero-order valence-corrected chi connectivity index (χ0v) is 15.2. The number of aliphatic imine (C=N–C) groups is 1. The number of nitrogens with one attached hydrogen (secondary N) is 2. The quantitative estimate of drug-likeness (QED) is 0.273. The van der Waals surface area contributed by atoms with E-state index in [4.69, 9.17) is 9.73 Å². The highest BCUT2D eigenvalue weighted by Gasteiger charge is 2.53. The highest BCUT2D eigenvalue weighted by molar-refractivity contribution is 14.0. The van der Waals surface area contributed by atoms with E-state index in [2.05, 4.69) is 17.6 Å². The lowest BCUT2D eigenvalue weighted by atomic mass is 10.0. The van der Waals surface area contributed by atoms with Gasteiger partial charge in [-0.15, -0.1) is 24.0 Å². The predicted molar refractivity (Wildman–Crippen MR) is 94.9 cm³/mol. The molecule has 2 rings (SSSR count). The number of rotatable bonds is 9. The number of halogens is 1. The van der Waals surface area contributed by atoms with Crippen LogP contribution in [0.3, 0.4) is 0 Å². The molecular weight excluding hydrogens is 365 g/mol. The molecule has 20 heavy (non-hydrogen) atoms. The second-order valence-corrected chi connectivity index (χ2v) is 5.81. The topological polar surface area (TPSA) is 45.7 Å². The van der Waals surface area contributed by atoms with Gasteiger partial charge < -0.3 is 15.4 Å². The van der Waals surface area contributed by atoms with E-state index in [1.54, 1.807) is 0 Å². The average molecular weight is 395 g/mol. The molecule has 0 unspecified atom stereocenters. The Hall–Kier alpha value is -0.0400. The molecule has 2 saturated carbocycles. The Bertz CT molecular complexity index is 301. The molecule has 0 amide bonds. The van der Waals surface area contributed by atoms with E-state index < -0.39 is 0 Å². The third-order valence-corrected chi connectivity index (χ3v) is 4.19. The van der Waals surface area contributed by atoms with E-state index in [1.165, 1.54) is 25.7 Å². The molecule has 0 aromatic heterocycles. The monoisotopic (exact) mass is 395 g/mol. The zero-order valence-electron chi connectivity index (χ0n) is 12.9. The minimum Gasteiger partial charge on any atom is -0.382 e. The summed E-state index contributed by atoms with van der Waals surface area (Å²) in [5, 5.41) is 6.73. The lowest BCUT2D eigenvalue weighted by Crippen LogP contribution is -2.38. The first kappa shape index (κ1) is 18.0. The summed E-state index contributed by atoms with van der Waals surface area (Å²) in [4.78, 5) is 4.78. The largest absolute Gasteiger partial charge is 0.382 e. The van der Waals surface area contributed by atoms with Crippen LogP contribution in [0.4, 0.5) is 0 Å². The second kappa shape index (κ2) is 9.07. The van der Waals surface area contributed by atoms with Gasteiger partial charge in [0.2, 0.25) is 0 Å². The minimum atomic E-state index is 0. The third-order valence-electron chi connectivity index (χ3n) is 4.19. The normalized spacial score (nSPS) is 20.2. The van der Waals surface area contributed by atoms with Crippen molar-refractivity contribution in [2.45, 2.75) is 46.0 Å². The molecule has 0 spiro atoms. The molecule has 2 N–H and O–H groups in total. The van der Waals surface area contributed by atoms with E-state index in [0.29, 0.717) is 5.41 Å². The lowest BCUT2D eigenvalue weighted by Gasteiger charge is -2.14. The van der Waals surface area contributed by atoms with Gasteiger partial charge in [-0.05, 0) is 57.3 Å². The van der Waals surface area contributed by atoms with Crippen molar-refractivity contribution >= 4 is 29.9 Å². The Morgan fingerprint density at radius 1 is 1.25 bits per heavy atom. The van der Waals surface area contributed by atoms with Gasteiger partial charge in [0.15, 0.2) is 5.96 Å². The van der Waals surface area contributed by atoms with Gasteiger partial charge in [0.25, 0.3) is 0 Å². The highest BCUT2D eigenvalue weighted by atomic mass is 127. The summed E-state index contributed by atoms with van der Waals surface area (Å²) in [6.45, 7) is 8.65. The Morgan fingerprint density at radius 2 is 2.00 bits per heavy atom. The van der Waals surface area contributed by atoms with Crippen LogP contribution in [-0.4, -0.2) is 38.8 Å². The van der Waals surface area contributed by atoms with Crippen LogP contribution in [0.5, 0.6) is 0 Å². The Labute approximate surface area is 140 Å². The van der Waals surface area contributed by atoms with Crippen molar-refractivity contribution in [2.75, 3.05) is 32.8 Å². The number of hydrogen-bond acceptors (Lipinski definition) is 2. The van der Waals surface area contributed by atoms with Crippen molar-refractivity contribution < 1.29 is 4.74 Å². The SMILES string of the molecule is CCNC(=NCC1(C2CC2)CC1)NCCCOCC.I. The fourth-order valence-electron chi connectivity index (χ4n) is 2.66. The van der Waals surface area contributed by atoms with Crippen molar-refractivity contribution in [1.29, 1.82) is 0 Å². The predicted octanol–water partition coefficient (Wildman–Crippen LogP) is 2.78. The standard InChI is InChI=1S/C15H29N3O.HI/c1-3-16-14(17-10-5-11-19-4-2)18-12-15(8-9-15)13-6-7-13;/h13H,3-12H2,1-2H3,(H2,16,17,18);1H. The van der Waals surface area contributed by atoms with Crippen molar-refractivity contribution in [1.82, 2.24) is 10.6 Å².